The van der Waals surface area contributed by atoms with Gasteiger partial charge in [-0.25, -0.2) is 0 Å². The number of rotatable bonds is 4. The Morgan fingerprint density at radius 1 is 1.24 bits per heavy atom. The van der Waals surface area contributed by atoms with Crippen LogP contribution >= 0.6 is 0 Å². The van der Waals surface area contributed by atoms with Crippen molar-refractivity contribution in [1.29, 1.82) is 0 Å². The maximum Gasteiger partial charge on any atom is 0.232 e. The number of carbonyl (C=O) groups excluding carboxylic acids is 1. The summed E-state index contributed by atoms with van der Waals surface area (Å²) in [4.78, 5) is 22.9. The molecule has 25 heavy (non-hydrogen) atoms. The third-order valence-corrected chi connectivity index (χ3v) is 4.36. The van der Waals surface area contributed by atoms with Gasteiger partial charge in [-0.05, 0) is 25.1 Å². The molecule has 1 aliphatic rings. The van der Waals surface area contributed by atoms with Crippen LogP contribution in [-0.4, -0.2) is 32.5 Å². The van der Waals surface area contributed by atoms with Gasteiger partial charge in [-0.2, -0.15) is 4.98 Å². The van der Waals surface area contributed by atoms with E-state index >= 15 is 0 Å². The van der Waals surface area contributed by atoms with Crippen molar-refractivity contribution < 1.29 is 9.32 Å². The highest BCUT2D eigenvalue weighted by molar-refractivity contribution is 5.79. The predicted molar refractivity (Wildman–Crippen MR) is 91.5 cm³/mol. The lowest BCUT2D eigenvalue weighted by atomic mass is 10.1. The lowest BCUT2D eigenvalue weighted by molar-refractivity contribution is -0.128. The molecule has 0 radical (unpaired) electrons. The normalized spacial score (nSPS) is 17.2. The molecule has 6 heteroatoms. The summed E-state index contributed by atoms with van der Waals surface area (Å²) >= 11 is 0. The summed E-state index contributed by atoms with van der Waals surface area (Å²) in [5.41, 5.74) is 2.94. The molecule has 1 amide bonds. The van der Waals surface area contributed by atoms with Crippen LogP contribution in [0.5, 0.6) is 0 Å². The lowest BCUT2D eigenvalue weighted by Gasteiger charge is -2.15. The molecule has 0 N–H and O–H groups in total. The van der Waals surface area contributed by atoms with E-state index in [1.807, 2.05) is 49.4 Å². The molecule has 2 aromatic heterocycles. The standard InChI is InChI=1S/C19H18N4O2/c1-13-5-4-6-14(9-13)18-21-19(25-22-18)15-10-17(24)23(11-15)12-16-7-2-3-8-20-16/h2-9,15H,10-12H2,1H3/t15-/m0/s1. The van der Waals surface area contributed by atoms with Crippen molar-refractivity contribution in [2.24, 2.45) is 0 Å². The molecule has 1 aliphatic heterocycles. The smallest absolute Gasteiger partial charge is 0.232 e. The molecule has 4 rings (SSSR count). The summed E-state index contributed by atoms with van der Waals surface area (Å²) in [6.45, 7) is 3.11. The van der Waals surface area contributed by atoms with E-state index in [1.165, 1.54) is 0 Å². The number of aromatic nitrogens is 3. The highest BCUT2D eigenvalue weighted by Crippen LogP contribution is 2.29. The highest BCUT2D eigenvalue weighted by Gasteiger charge is 2.34. The van der Waals surface area contributed by atoms with Gasteiger partial charge in [-0.3, -0.25) is 9.78 Å². The molecule has 3 heterocycles. The zero-order chi connectivity index (χ0) is 17.2. The number of pyridine rings is 1. The topological polar surface area (TPSA) is 72.1 Å². The molecule has 0 unspecified atom stereocenters. The van der Waals surface area contributed by atoms with Crippen molar-refractivity contribution in [2.75, 3.05) is 6.54 Å². The summed E-state index contributed by atoms with van der Waals surface area (Å²) < 4.78 is 5.43. The fraction of sp³-hybridized carbons (Fsp3) is 0.263. The second kappa shape index (κ2) is 6.47. The van der Waals surface area contributed by atoms with Gasteiger partial charge in [0.15, 0.2) is 0 Å². The Bertz CT molecular complexity index is 891. The quantitative estimate of drug-likeness (QED) is 0.733. The second-order valence-electron chi connectivity index (χ2n) is 6.32. The van der Waals surface area contributed by atoms with E-state index in [-0.39, 0.29) is 11.8 Å². The van der Waals surface area contributed by atoms with Crippen molar-refractivity contribution in [2.45, 2.75) is 25.8 Å². The Balaban J connectivity index is 1.49. The molecule has 1 atom stereocenters. The minimum absolute atomic E-state index is 0.0673. The second-order valence-corrected chi connectivity index (χ2v) is 6.32. The molecule has 126 valence electrons. The van der Waals surface area contributed by atoms with Gasteiger partial charge in [-0.1, -0.05) is 35.0 Å². The molecule has 0 aliphatic carbocycles. The maximum absolute atomic E-state index is 12.3. The van der Waals surface area contributed by atoms with Crippen molar-refractivity contribution in [3.63, 3.8) is 0 Å². The van der Waals surface area contributed by atoms with Gasteiger partial charge in [0.2, 0.25) is 17.6 Å². The summed E-state index contributed by atoms with van der Waals surface area (Å²) in [6.07, 6.45) is 2.13. The fourth-order valence-electron chi connectivity index (χ4n) is 3.08. The molecule has 0 bridgehead atoms. The maximum atomic E-state index is 12.3. The van der Waals surface area contributed by atoms with Crippen LogP contribution < -0.4 is 0 Å². The average Bonchev–Trinajstić information content (AvgIpc) is 3.24. The van der Waals surface area contributed by atoms with Crippen LogP contribution in [-0.2, 0) is 11.3 Å². The summed E-state index contributed by atoms with van der Waals surface area (Å²) in [5, 5.41) is 4.08. The number of benzene rings is 1. The van der Waals surface area contributed by atoms with Crippen LogP contribution in [0.4, 0.5) is 0 Å². The third-order valence-electron chi connectivity index (χ3n) is 4.36. The molecule has 0 spiro atoms. The number of hydrogen-bond donors (Lipinski definition) is 0. The monoisotopic (exact) mass is 334 g/mol. The van der Waals surface area contributed by atoms with Gasteiger partial charge in [-0.15, -0.1) is 0 Å². The van der Waals surface area contributed by atoms with Crippen LogP contribution in [0, 0.1) is 6.92 Å². The van der Waals surface area contributed by atoms with E-state index in [0.717, 1.165) is 16.8 Å². The number of carbonyl (C=O) groups is 1. The number of likely N-dealkylation sites (tertiary alicyclic amines) is 1. The fourth-order valence-corrected chi connectivity index (χ4v) is 3.08. The molecule has 1 aromatic carbocycles. The molecule has 0 saturated carbocycles. The molecular weight excluding hydrogens is 316 g/mol. The molecule has 1 fully saturated rings. The van der Waals surface area contributed by atoms with Crippen molar-refractivity contribution in [3.8, 4) is 11.4 Å². The van der Waals surface area contributed by atoms with Gasteiger partial charge in [0, 0.05) is 24.7 Å². The molecule has 1 saturated heterocycles. The van der Waals surface area contributed by atoms with E-state index in [2.05, 4.69) is 15.1 Å². The first kappa shape index (κ1) is 15.5. The first-order valence-electron chi connectivity index (χ1n) is 8.27. The average molecular weight is 334 g/mol. The summed E-state index contributed by atoms with van der Waals surface area (Å²) in [5.74, 6) is 1.11. The Kier molecular flexibility index (Phi) is 4.01. The minimum atomic E-state index is -0.0673. The molecular formula is C19H18N4O2. The lowest BCUT2D eigenvalue weighted by Crippen LogP contribution is -2.24. The van der Waals surface area contributed by atoms with E-state index < -0.39 is 0 Å². The number of nitrogens with zero attached hydrogens (tertiary/aromatic N) is 4. The zero-order valence-electron chi connectivity index (χ0n) is 13.9. The van der Waals surface area contributed by atoms with Crippen LogP contribution in [0.25, 0.3) is 11.4 Å². The molecule has 6 nitrogen and oxygen atoms in total. The predicted octanol–water partition coefficient (Wildman–Crippen LogP) is 2.96. The van der Waals surface area contributed by atoms with E-state index in [4.69, 9.17) is 4.52 Å². The number of hydrogen-bond acceptors (Lipinski definition) is 5. The first-order chi connectivity index (χ1) is 12.2. The Labute approximate surface area is 145 Å². The largest absolute Gasteiger partial charge is 0.339 e. The van der Waals surface area contributed by atoms with Crippen molar-refractivity contribution >= 4 is 5.91 Å². The number of aryl methyl sites for hydroxylation is 1. The molecule has 3 aromatic rings. The van der Waals surface area contributed by atoms with Gasteiger partial charge in [0.25, 0.3) is 0 Å². The van der Waals surface area contributed by atoms with Crippen molar-refractivity contribution in [3.05, 3.63) is 65.8 Å². The van der Waals surface area contributed by atoms with Crippen LogP contribution in [0.3, 0.4) is 0 Å². The minimum Gasteiger partial charge on any atom is -0.339 e. The van der Waals surface area contributed by atoms with Crippen LogP contribution in [0.1, 0.15) is 29.5 Å². The van der Waals surface area contributed by atoms with Crippen LogP contribution in [0.2, 0.25) is 0 Å². The van der Waals surface area contributed by atoms with Gasteiger partial charge >= 0.3 is 0 Å². The van der Waals surface area contributed by atoms with E-state index in [0.29, 0.717) is 31.2 Å². The zero-order valence-corrected chi connectivity index (χ0v) is 13.9. The van der Waals surface area contributed by atoms with E-state index in [1.54, 1.807) is 11.1 Å². The number of amides is 1. The van der Waals surface area contributed by atoms with Crippen molar-refractivity contribution in [1.82, 2.24) is 20.0 Å². The first-order valence-corrected chi connectivity index (χ1v) is 8.27. The third kappa shape index (κ3) is 3.28. The Morgan fingerprint density at radius 2 is 2.16 bits per heavy atom. The van der Waals surface area contributed by atoms with Gasteiger partial charge < -0.3 is 9.42 Å². The van der Waals surface area contributed by atoms with Gasteiger partial charge in [0.1, 0.15) is 0 Å². The Hall–Kier alpha value is -3.02. The van der Waals surface area contributed by atoms with Crippen LogP contribution in [0.15, 0.2) is 53.2 Å². The highest BCUT2D eigenvalue weighted by atomic mass is 16.5. The van der Waals surface area contributed by atoms with E-state index in [9.17, 15) is 4.79 Å². The van der Waals surface area contributed by atoms with Gasteiger partial charge in [0.05, 0.1) is 18.2 Å². The summed E-state index contributed by atoms with van der Waals surface area (Å²) in [7, 11) is 0. The summed E-state index contributed by atoms with van der Waals surface area (Å²) in [6, 6.07) is 13.7. The SMILES string of the molecule is Cc1cccc(-c2noc([C@H]3CC(=O)N(Cc4ccccn4)C3)n2)c1. The Morgan fingerprint density at radius 3 is 2.96 bits per heavy atom.